The van der Waals surface area contributed by atoms with Crippen molar-refractivity contribution in [2.45, 2.75) is 66.7 Å². The van der Waals surface area contributed by atoms with Gasteiger partial charge in [0.2, 0.25) is 0 Å². The van der Waals surface area contributed by atoms with Crippen molar-refractivity contribution in [1.29, 1.82) is 0 Å². The number of allylic oxidation sites excluding steroid dienone is 7. The number of hydrogen-bond donors (Lipinski definition) is 1. The molecule has 1 aliphatic rings. The Morgan fingerprint density at radius 3 is 2.59 bits per heavy atom. The fourth-order valence-electron chi connectivity index (χ4n) is 3.10. The highest BCUT2D eigenvalue weighted by Gasteiger charge is 2.26. The normalized spacial score (nSPS) is 19.9. The molecule has 0 bridgehead atoms. The number of carboxylic acids is 1. The summed E-state index contributed by atoms with van der Waals surface area (Å²) < 4.78 is 0. The van der Waals surface area contributed by atoms with Crippen LogP contribution in [0.3, 0.4) is 0 Å². The van der Waals surface area contributed by atoms with Gasteiger partial charge in [-0.25, -0.2) is 4.79 Å². The van der Waals surface area contributed by atoms with Crippen molar-refractivity contribution in [3.8, 4) is 0 Å². The first-order chi connectivity index (χ1) is 10.2. The largest absolute Gasteiger partial charge is 0.478 e. The third-order valence-electron chi connectivity index (χ3n) is 4.43. The van der Waals surface area contributed by atoms with E-state index in [1.54, 1.807) is 0 Å². The van der Waals surface area contributed by atoms with E-state index >= 15 is 0 Å². The molecule has 1 aliphatic carbocycles. The number of hydrogen-bond acceptors (Lipinski definition) is 1. The van der Waals surface area contributed by atoms with Crippen LogP contribution >= 0.6 is 0 Å². The highest BCUT2D eigenvalue weighted by molar-refractivity contribution is 5.80. The van der Waals surface area contributed by atoms with Gasteiger partial charge in [-0.05, 0) is 63.9 Å². The summed E-state index contributed by atoms with van der Waals surface area (Å²) in [7, 11) is 0. The molecule has 0 fully saturated rings. The Bertz CT molecular complexity index is 528. The summed E-state index contributed by atoms with van der Waals surface area (Å²) in [5, 5.41) is 8.69. The van der Waals surface area contributed by atoms with Gasteiger partial charge in [0.05, 0.1) is 0 Å². The Balaban J connectivity index is 2.65. The molecule has 0 heterocycles. The average Bonchev–Trinajstić information content (AvgIpc) is 2.36. The number of carboxylic acid groups (broad SMARTS) is 1. The Labute approximate surface area is 135 Å². The van der Waals surface area contributed by atoms with Crippen molar-refractivity contribution >= 4 is 5.97 Å². The van der Waals surface area contributed by atoms with Crippen molar-refractivity contribution in [2.75, 3.05) is 0 Å². The molecule has 0 spiro atoms. The van der Waals surface area contributed by atoms with Crippen molar-refractivity contribution in [3.63, 3.8) is 0 Å². The smallest absolute Gasteiger partial charge is 0.328 e. The van der Waals surface area contributed by atoms with E-state index in [0.717, 1.165) is 18.4 Å². The van der Waals surface area contributed by atoms with Crippen LogP contribution in [0.4, 0.5) is 0 Å². The van der Waals surface area contributed by atoms with E-state index in [4.69, 9.17) is 5.11 Å². The Hall–Kier alpha value is -1.57. The van der Waals surface area contributed by atoms with E-state index in [1.807, 2.05) is 6.92 Å². The van der Waals surface area contributed by atoms with Gasteiger partial charge in [-0.1, -0.05) is 48.8 Å². The molecule has 0 aliphatic heterocycles. The van der Waals surface area contributed by atoms with E-state index in [1.165, 1.54) is 42.1 Å². The van der Waals surface area contributed by atoms with Crippen LogP contribution in [0.2, 0.25) is 0 Å². The van der Waals surface area contributed by atoms with Gasteiger partial charge in [0, 0.05) is 6.08 Å². The Kier molecular flexibility index (Phi) is 6.86. The van der Waals surface area contributed by atoms with Gasteiger partial charge in [-0.3, -0.25) is 0 Å². The third-order valence-corrected chi connectivity index (χ3v) is 4.43. The molecular formula is C20H30O2. The fraction of sp³-hybridized carbons (Fsp3) is 0.550. The molecule has 122 valence electrons. The number of aliphatic carboxylic acids is 1. The molecule has 2 nitrogen and oxygen atoms in total. The van der Waals surface area contributed by atoms with Gasteiger partial charge < -0.3 is 5.11 Å². The maximum Gasteiger partial charge on any atom is 0.328 e. The molecule has 22 heavy (non-hydrogen) atoms. The van der Waals surface area contributed by atoms with E-state index in [-0.39, 0.29) is 5.41 Å². The second-order valence-corrected chi connectivity index (χ2v) is 7.08. The molecule has 1 N–H and O–H groups in total. The quantitative estimate of drug-likeness (QED) is 0.495. The van der Waals surface area contributed by atoms with Gasteiger partial charge in [0.1, 0.15) is 0 Å². The van der Waals surface area contributed by atoms with Crippen LogP contribution in [0.15, 0.2) is 46.6 Å². The van der Waals surface area contributed by atoms with E-state index in [9.17, 15) is 4.79 Å². The predicted molar refractivity (Wildman–Crippen MR) is 93.9 cm³/mol. The minimum Gasteiger partial charge on any atom is -0.478 e. The lowest BCUT2D eigenvalue weighted by Crippen LogP contribution is -2.19. The average molecular weight is 302 g/mol. The highest BCUT2D eigenvalue weighted by Crippen LogP contribution is 2.40. The number of carbonyl (C=O) groups is 1. The number of rotatable bonds is 6. The fourth-order valence-corrected chi connectivity index (χ4v) is 3.10. The second-order valence-electron chi connectivity index (χ2n) is 7.08. The zero-order chi connectivity index (χ0) is 16.8. The van der Waals surface area contributed by atoms with Crippen molar-refractivity contribution in [3.05, 3.63) is 46.6 Å². The van der Waals surface area contributed by atoms with Crippen LogP contribution in [0.1, 0.15) is 66.7 Å². The third kappa shape index (κ3) is 6.05. The van der Waals surface area contributed by atoms with Gasteiger partial charge in [0.15, 0.2) is 0 Å². The highest BCUT2D eigenvalue weighted by atomic mass is 16.4. The summed E-state index contributed by atoms with van der Waals surface area (Å²) in [6.45, 7) is 10.9. The zero-order valence-electron chi connectivity index (χ0n) is 14.7. The summed E-state index contributed by atoms with van der Waals surface area (Å²) in [6.07, 6.45) is 13.4. The first-order valence-corrected chi connectivity index (χ1v) is 8.17. The standard InChI is InChI=1S/C20H30O2/c1-15(8-6-9-16(2)14-19(21)22)11-12-18-17(3)10-7-13-20(18,4)5/h8,11-12,14H,6-7,9-10,13H2,1-5H3,(H,21,22)/b12-11+,15-8+,16-14+. The van der Waals surface area contributed by atoms with Crippen molar-refractivity contribution < 1.29 is 9.90 Å². The van der Waals surface area contributed by atoms with Crippen LogP contribution < -0.4 is 0 Å². The van der Waals surface area contributed by atoms with Gasteiger partial charge in [-0.2, -0.15) is 0 Å². The molecule has 0 saturated heterocycles. The molecule has 0 unspecified atom stereocenters. The van der Waals surface area contributed by atoms with E-state index in [2.05, 4.69) is 45.9 Å². The van der Waals surface area contributed by atoms with Crippen LogP contribution in [-0.2, 0) is 4.79 Å². The van der Waals surface area contributed by atoms with Gasteiger partial charge in [0.25, 0.3) is 0 Å². The molecule has 0 aromatic carbocycles. The zero-order valence-corrected chi connectivity index (χ0v) is 14.7. The SMILES string of the molecule is CC1=C(/C=C/C(C)=C/CC/C(C)=C/C(=O)O)C(C)(C)CCC1. The topological polar surface area (TPSA) is 37.3 Å². The van der Waals surface area contributed by atoms with Crippen molar-refractivity contribution in [1.82, 2.24) is 0 Å². The summed E-state index contributed by atoms with van der Waals surface area (Å²) in [6, 6.07) is 0. The van der Waals surface area contributed by atoms with Crippen LogP contribution in [0.5, 0.6) is 0 Å². The first kappa shape index (κ1) is 18.5. The van der Waals surface area contributed by atoms with Crippen molar-refractivity contribution in [2.24, 2.45) is 5.41 Å². The molecule has 2 heteroatoms. The second kappa shape index (κ2) is 8.17. The molecule has 1 rings (SSSR count). The lowest BCUT2D eigenvalue weighted by molar-refractivity contribution is -0.131. The minimum atomic E-state index is -0.861. The van der Waals surface area contributed by atoms with Gasteiger partial charge in [-0.15, -0.1) is 0 Å². The first-order valence-electron chi connectivity index (χ1n) is 8.17. The molecule has 0 aromatic rings. The van der Waals surface area contributed by atoms with E-state index in [0.29, 0.717) is 0 Å². The summed E-state index contributed by atoms with van der Waals surface area (Å²) in [5.74, 6) is -0.861. The van der Waals surface area contributed by atoms with Crippen LogP contribution in [-0.4, -0.2) is 11.1 Å². The lowest BCUT2D eigenvalue weighted by Gasteiger charge is -2.32. The maximum atomic E-state index is 10.6. The molecule has 0 amide bonds. The monoisotopic (exact) mass is 302 g/mol. The summed E-state index contributed by atoms with van der Waals surface area (Å²) in [4.78, 5) is 10.6. The minimum absolute atomic E-state index is 0.278. The molecule has 0 aromatic heterocycles. The van der Waals surface area contributed by atoms with Crippen LogP contribution in [0.25, 0.3) is 0 Å². The molecule has 0 saturated carbocycles. The van der Waals surface area contributed by atoms with E-state index < -0.39 is 5.97 Å². The Morgan fingerprint density at radius 1 is 1.32 bits per heavy atom. The summed E-state index contributed by atoms with van der Waals surface area (Å²) in [5.41, 5.74) is 5.42. The Morgan fingerprint density at radius 2 is 2.00 bits per heavy atom. The predicted octanol–water partition coefficient (Wildman–Crippen LogP) is 5.83. The molecule has 0 radical (unpaired) electrons. The lowest BCUT2D eigenvalue weighted by atomic mass is 9.72. The maximum absolute atomic E-state index is 10.6. The molecular weight excluding hydrogens is 272 g/mol. The van der Waals surface area contributed by atoms with Gasteiger partial charge >= 0.3 is 5.97 Å². The summed E-state index contributed by atoms with van der Waals surface area (Å²) >= 11 is 0. The van der Waals surface area contributed by atoms with Crippen LogP contribution in [0, 0.1) is 5.41 Å². The molecule has 0 atom stereocenters.